The molecule has 0 unspecified atom stereocenters. The fourth-order valence-electron chi connectivity index (χ4n) is 1.13. The van der Waals surface area contributed by atoms with Crippen LogP contribution in [0.15, 0.2) is 30.3 Å². The summed E-state index contributed by atoms with van der Waals surface area (Å²) in [5.74, 6) is 0. The van der Waals surface area contributed by atoms with Crippen molar-refractivity contribution in [3.05, 3.63) is 35.9 Å². The van der Waals surface area contributed by atoms with E-state index in [0.717, 1.165) is 5.56 Å². The first-order chi connectivity index (χ1) is 8.89. The summed E-state index contributed by atoms with van der Waals surface area (Å²) < 4.78 is 29.0. The first-order valence-corrected chi connectivity index (χ1v) is 7.03. The third-order valence-corrected chi connectivity index (χ3v) is 2.58. The van der Waals surface area contributed by atoms with Crippen molar-refractivity contribution in [2.24, 2.45) is 0 Å². The van der Waals surface area contributed by atoms with Gasteiger partial charge >= 0.3 is 16.3 Å². The molecule has 0 aromatic heterocycles. The van der Waals surface area contributed by atoms with E-state index < -0.39 is 22.4 Å². The van der Waals surface area contributed by atoms with E-state index in [1.54, 1.807) is 47.7 Å². The molecule has 1 aromatic carbocycles. The molecule has 1 amide bonds. The highest BCUT2D eigenvalue weighted by Gasteiger charge is 2.16. The van der Waals surface area contributed by atoms with E-state index in [1.807, 2.05) is 6.07 Å². The normalized spacial score (nSPS) is 11.3. The van der Waals surface area contributed by atoms with Crippen molar-refractivity contribution in [1.82, 2.24) is 9.61 Å². The molecule has 0 fully saturated rings. The molecule has 1 aromatic rings. The van der Waals surface area contributed by atoms with Gasteiger partial charge in [0.05, 0.1) is 12.7 Å². The van der Waals surface area contributed by atoms with Gasteiger partial charge in [-0.15, -0.1) is 0 Å². The van der Waals surface area contributed by atoms with Crippen molar-refractivity contribution in [3.8, 4) is 0 Å². The maximum atomic E-state index is 11.4. The van der Waals surface area contributed by atoms with Crippen molar-refractivity contribution in [1.29, 1.82) is 0 Å². The summed E-state index contributed by atoms with van der Waals surface area (Å²) in [5, 5.41) is 0. The Kier molecular flexibility index (Phi) is 5.74. The quantitative estimate of drug-likeness (QED) is 0.764. The Morgan fingerprint density at radius 1 is 1.26 bits per heavy atom. The van der Waals surface area contributed by atoms with Gasteiger partial charge in [-0.3, -0.25) is 4.84 Å². The molecule has 1 rings (SSSR count). The second-order valence-corrected chi connectivity index (χ2v) is 5.29. The average molecular weight is 288 g/mol. The van der Waals surface area contributed by atoms with Gasteiger partial charge in [-0.25, -0.2) is 9.52 Å². The fraction of sp³-hybridized carbons (Fsp3) is 0.364. The lowest BCUT2D eigenvalue weighted by molar-refractivity contribution is 0.0774. The number of carbonyl (C=O) groups excluding carboxylic acids is 1. The number of benzene rings is 1. The molecule has 106 valence electrons. The Morgan fingerprint density at radius 3 is 2.47 bits per heavy atom. The molecular formula is C11H16N2O5S. The topological polar surface area (TPSA) is 93.7 Å². The number of nitrogens with one attached hydrogen (secondary N) is 2. The highest BCUT2D eigenvalue weighted by molar-refractivity contribution is 7.87. The zero-order valence-corrected chi connectivity index (χ0v) is 11.4. The number of rotatable bonds is 6. The first kappa shape index (κ1) is 15.4. The second kappa shape index (κ2) is 7.07. The lowest BCUT2D eigenvalue weighted by Gasteiger charge is -2.10. The van der Waals surface area contributed by atoms with E-state index in [2.05, 4.69) is 4.74 Å². The van der Waals surface area contributed by atoms with Crippen molar-refractivity contribution in [3.63, 3.8) is 0 Å². The Morgan fingerprint density at radius 2 is 1.89 bits per heavy atom. The minimum absolute atomic E-state index is 0.0426. The van der Waals surface area contributed by atoms with E-state index >= 15 is 0 Å². The lowest BCUT2D eigenvalue weighted by Crippen LogP contribution is -2.41. The molecule has 0 aliphatic rings. The van der Waals surface area contributed by atoms with Gasteiger partial charge in [0.25, 0.3) is 0 Å². The maximum absolute atomic E-state index is 11.4. The molecule has 2 N–H and O–H groups in total. The summed E-state index contributed by atoms with van der Waals surface area (Å²) in [6, 6.07) is 8.97. The highest BCUT2D eigenvalue weighted by Crippen LogP contribution is 1.99. The Hall–Kier alpha value is -1.64. The fourth-order valence-corrected chi connectivity index (χ4v) is 1.66. The molecule has 0 radical (unpaired) electrons. The summed E-state index contributed by atoms with van der Waals surface area (Å²) in [7, 11) is -4.09. The van der Waals surface area contributed by atoms with Crippen LogP contribution in [0.3, 0.4) is 0 Å². The van der Waals surface area contributed by atoms with E-state index in [4.69, 9.17) is 4.84 Å². The Labute approximate surface area is 112 Å². The molecule has 0 aliphatic heterocycles. The molecule has 0 aliphatic carbocycles. The third kappa shape index (κ3) is 6.75. The van der Waals surface area contributed by atoms with Crippen LogP contribution in [0.1, 0.15) is 19.4 Å². The minimum Gasteiger partial charge on any atom is -0.446 e. The summed E-state index contributed by atoms with van der Waals surface area (Å²) in [6.07, 6.45) is -1.48. The van der Waals surface area contributed by atoms with Crippen molar-refractivity contribution >= 4 is 16.3 Å². The van der Waals surface area contributed by atoms with Crippen LogP contribution in [-0.2, 0) is 26.4 Å². The Bertz CT molecular complexity index is 501. The van der Waals surface area contributed by atoms with Gasteiger partial charge in [0, 0.05) is 0 Å². The molecule has 19 heavy (non-hydrogen) atoms. The van der Waals surface area contributed by atoms with Gasteiger partial charge < -0.3 is 4.74 Å². The van der Waals surface area contributed by atoms with Crippen LogP contribution in [0.2, 0.25) is 0 Å². The van der Waals surface area contributed by atoms with Gasteiger partial charge in [0.2, 0.25) is 0 Å². The Balaban J connectivity index is 2.37. The zero-order valence-electron chi connectivity index (χ0n) is 10.6. The highest BCUT2D eigenvalue weighted by atomic mass is 32.2. The van der Waals surface area contributed by atoms with Gasteiger partial charge in [-0.05, 0) is 19.4 Å². The minimum atomic E-state index is -4.09. The standard InChI is InChI=1S/C11H16N2O5S/c1-9(2)18-11(14)12-19(15,16)13-17-8-10-6-4-3-5-7-10/h3-7,9,13H,8H2,1-2H3,(H,12,14). The molecule has 0 saturated carbocycles. The molecule has 8 heteroatoms. The van der Waals surface area contributed by atoms with Crippen LogP contribution in [0, 0.1) is 0 Å². The molecule has 0 bridgehead atoms. The van der Waals surface area contributed by atoms with Crippen LogP contribution in [-0.4, -0.2) is 20.6 Å². The number of hydrogen-bond acceptors (Lipinski definition) is 5. The molecule has 0 atom stereocenters. The summed E-state index contributed by atoms with van der Waals surface area (Å²) in [4.78, 5) is 17.6. The van der Waals surface area contributed by atoms with E-state index in [0.29, 0.717) is 0 Å². The molecular weight excluding hydrogens is 272 g/mol. The van der Waals surface area contributed by atoms with Gasteiger partial charge in [-0.1, -0.05) is 35.2 Å². The van der Waals surface area contributed by atoms with Crippen LogP contribution >= 0.6 is 0 Å². The predicted molar refractivity (Wildman–Crippen MR) is 68.0 cm³/mol. The van der Waals surface area contributed by atoms with Crippen LogP contribution in [0.4, 0.5) is 4.79 Å². The largest absolute Gasteiger partial charge is 0.446 e. The first-order valence-electron chi connectivity index (χ1n) is 5.55. The number of ether oxygens (including phenoxy) is 1. The van der Waals surface area contributed by atoms with Gasteiger partial charge in [-0.2, -0.15) is 8.42 Å². The van der Waals surface area contributed by atoms with Crippen molar-refractivity contribution < 1.29 is 22.8 Å². The number of carbonyl (C=O) groups is 1. The monoisotopic (exact) mass is 288 g/mol. The van der Waals surface area contributed by atoms with Crippen LogP contribution in [0.5, 0.6) is 0 Å². The summed E-state index contributed by atoms with van der Waals surface area (Å²) in [5.41, 5.74) is 0.787. The third-order valence-electron chi connectivity index (χ3n) is 1.81. The molecule has 7 nitrogen and oxygen atoms in total. The number of amides is 1. The van der Waals surface area contributed by atoms with Crippen molar-refractivity contribution in [2.75, 3.05) is 0 Å². The van der Waals surface area contributed by atoms with Gasteiger partial charge in [0.15, 0.2) is 0 Å². The van der Waals surface area contributed by atoms with Crippen molar-refractivity contribution in [2.45, 2.75) is 26.6 Å². The van der Waals surface area contributed by atoms with Crippen LogP contribution in [0.25, 0.3) is 0 Å². The maximum Gasteiger partial charge on any atom is 0.422 e. The molecule has 0 spiro atoms. The smallest absolute Gasteiger partial charge is 0.422 e. The predicted octanol–water partition coefficient (Wildman–Crippen LogP) is 1.09. The van der Waals surface area contributed by atoms with E-state index in [-0.39, 0.29) is 6.61 Å². The van der Waals surface area contributed by atoms with Crippen LogP contribution < -0.4 is 9.61 Å². The molecule has 0 heterocycles. The number of hydrogen-bond donors (Lipinski definition) is 2. The SMILES string of the molecule is CC(C)OC(=O)NS(=O)(=O)NOCc1ccccc1. The average Bonchev–Trinajstić information content (AvgIpc) is 2.27. The lowest BCUT2D eigenvalue weighted by atomic mass is 10.2. The summed E-state index contributed by atoms with van der Waals surface area (Å²) >= 11 is 0. The van der Waals surface area contributed by atoms with E-state index in [1.165, 1.54) is 0 Å². The zero-order chi connectivity index (χ0) is 14.3. The van der Waals surface area contributed by atoms with E-state index in [9.17, 15) is 13.2 Å². The second-order valence-electron chi connectivity index (χ2n) is 3.92. The molecule has 0 saturated heterocycles. The van der Waals surface area contributed by atoms with Gasteiger partial charge in [0.1, 0.15) is 0 Å². The summed E-state index contributed by atoms with van der Waals surface area (Å²) in [6.45, 7) is 3.25.